The molecule has 3 aromatic rings. The first kappa shape index (κ1) is 15.6. The highest BCUT2D eigenvalue weighted by molar-refractivity contribution is 5.97. The van der Waals surface area contributed by atoms with Crippen LogP contribution in [0.2, 0.25) is 0 Å². The van der Waals surface area contributed by atoms with Gasteiger partial charge in [-0.3, -0.25) is 4.79 Å². The third-order valence-electron chi connectivity index (χ3n) is 4.58. The minimum atomic E-state index is 0.0407. The molecule has 2 heterocycles. The van der Waals surface area contributed by atoms with Crippen LogP contribution in [-0.2, 0) is 0 Å². The van der Waals surface area contributed by atoms with Crippen molar-refractivity contribution in [2.45, 2.75) is 25.9 Å². The van der Waals surface area contributed by atoms with Gasteiger partial charge in [0.15, 0.2) is 0 Å². The molecule has 1 aliphatic heterocycles. The second kappa shape index (κ2) is 6.55. The van der Waals surface area contributed by atoms with E-state index in [1.165, 1.54) is 5.56 Å². The molecule has 6 heteroatoms. The van der Waals surface area contributed by atoms with Gasteiger partial charge < -0.3 is 9.64 Å². The van der Waals surface area contributed by atoms with E-state index in [0.717, 1.165) is 24.1 Å². The third kappa shape index (κ3) is 3.33. The Bertz CT molecular complexity index is 897. The summed E-state index contributed by atoms with van der Waals surface area (Å²) in [5.41, 5.74) is 3.32. The first-order valence-electron chi connectivity index (χ1n) is 8.52. The van der Waals surface area contributed by atoms with Crippen LogP contribution >= 0.6 is 0 Å². The number of H-pyrrole nitrogens is 1. The lowest BCUT2D eigenvalue weighted by Crippen LogP contribution is -2.41. The minimum absolute atomic E-state index is 0.0407. The van der Waals surface area contributed by atoms with Gasteiger partial charge in [0, 0.05) is 31.5 Å². The molecule has 4 rings (SSSR count). The molecule has 2 aromatic carbocycles. The maximum atomic E-state index is 12.7. The van der Waals surface area contributed by atoms with E-state index in [1.54, 1.807) is 6.07 Å². The van der Waals surface area contributed by atoms with Crippen molar-refractivity contribution < 1.29 is 9.53 Å². The zero-order chi connectivity index (χ0) is 17.2. The largest absolute Gasteiger partial charge is 0.490 e. The number of aromatic nitrogens is 3. The van der Waals surface area contributed by atoms with Crippen LogP contribution in [0.4, 0.5) is 0 Å². The number of nitrogens with zero attached hydrogens (tertiary/aromatic N) is 3. The Morgan fingerprint density at radius 1 is 1.12 bits per heavy atom. The molecule has 1 aliphatic rings. The van der Waals surface area contributed by atoms with E-state index in [1.807, 2.05) is 35.2 Å². The van der Waals surface area contributed by atoms with Gasteiger partial charge in [-0.05, 0) is 42.8 Å². The molecule has 0 radical (unpaired) electrons. The van der Waals surface area contributed by atoms with E-state index in [0.29, 0.717) is 24.2 Å². The predicted molar refractivity (Wildman–Crippen MR) is 94.6 cm³/mol. The fourth-order valence-electron chi connectivity index (χ4n) is 3.21. The molecule has 0 bridgehead atoms. The first-order valence-corrected chi connectivity index (χ1v) is 8.52. The van der Waals surface area contributed by atoms with Crippen molar-refractivity contribution in [1.29, 1.82) is 0 Å². The molecule has 1 saturated heterocycles. The van der Waals surface area contributed by atoms with Gasteiger partial charge in [-0.25, -0.2) is 0 Å². The molecule has 0 aliphatic carbocycles. The molecule has 128 valence electrons. The maximum Gasteiger partial charge on any atom is 0.253 e. The number of nitrogens with one attached hydrogen (secondary N) is 1. The fraction of sp³-hybridized carbons (Fsp3) is 0.316. The molecule has 1 fully saturated rings. The summed E-state index contributed by atoms with van der Waals surface area (Å²) in [6.45, 7) is 3.46. The van der Waals surface area contributed by atoms with Crippen molar-refractivity contribution in [2.24, 2.45) is 0 Å². The van der Waals surface area contributed by atoms with Crippen LogP contribution < -0.4 is 4.74 Å². The topological polar surface area (TPSA) is 71.1 Å². The van der Waals surface area contributed by atoms with Crippen LogP contribution in [0.1, 0.15) is 28.8 Å². The SMILES string of the molecule is Cc1cccc(OC2CCN(C(=O)c3ccc4n[nH]nc4c3)CC2)c1. The highest BCUT2D eigenvalue weighted by Crippen LogP contribution is 2.21. The lowest BCUT2D eigenvalue weighted by molar-refractivity contribution is 0.0595. The number of carbonyl (C=O) groups excluding carboxylic acids is 1. The van der Waals surface area contributed by atoms with Gasteiger partial charge in [-0.2, -0.15) is 15.4 Å². The predicted octanol–water partition coefficient (Wildman–Crippen LogP) is 2.95. The molecule has 0 saturated carbocycles. The molecule has 1 amide bonds. The van der Waals surface area contributed by atoms with Crippen molar-refractivity contribution in [1.82, 2.24) is 20.3 Å². The number of aromatic amines is 1. The van der Waals surface area contributed by atoms with Crippen molar-refractivity contribution in [3.05, 3.63) is 53.6 Å². The standard InChI is InChI=1S/C19H20N4O2/c1-13-3-2-4-16(11-13)25-15-7-9-23(10-8-15)19(24)14-5-6-17-18(12-14)21-22-20-17/h2-6,11-12,15H,7-10H2,1H3,(H,20,21,22). The Kier molecular flexibility index (Phi) is 4.09. The lowest BCUT2D eigenvalue weighted by Gasteiger charge is -2.32. The van der Waals surface area contributed by atoms with E-state index in [4.69, 9.17) is 4.74 Å². The Hall–Kier alpha value is -2.89. The number of likely N-dealkylation sites (tertiary alicyclic amines) is 1. The van der Waals surface area contributed by atoms with E-state index in [9.17, 15) is 4.79 Å². The molecule has 6 nitrogen and oxygen atoms in total. The smallest absolute Gasteiger partial charge is 0.253 e. The first-order chi connectivity index (χ1) is 12.2. The Morgan fingerprint density at radius 3 is 2.72 bits per heavy atom. The Labute approximate surface area is 145 Å². The number of hydrogen-bond donors (Lipinski definition) is 1. The van der Waals surface area contributed by atoms with Gasteiger partial charge in [0.1, 0.15) is 22.9 Å². The summed E-state index contributed by atoms with van der Waals surface area (Å²) in [6, 6.07) is 13.5. The molecular weight excluding hydrogens is 316 g/mol. The molecule has 0 unspecified atom stereocenters. The maximum absolute atomic E-state index is 12.7. The number of hydrogen-bond acceptors (Lipinski definition) is 4. The number of carbonyl (C=O) groups is 1. The van der Waals surface area contributed by atoms with Gasteiger partial charge >= 0.3 is 0 Å². The van der Waals surface area contributed by atoms with Crippen molar-refractivity contribution >= 4 is 16.9 Å². The summed E-state index contributed by atoms with van der Waals surface area (Å²) in [5, 5.41) is 10.6. The number of fused-ring (bicyclic) bond motifs is 1. The van der Waals surface area contributed by atoms with Gasteiger partial charge in [-0.1, -0.05) is 12.1 Å². The van der Waals surface area contributed by atoms with E-state index >= 15 is 0 Å². The van der Waals surface area contributed by atoms with E-state index in [2.05, 4.69) is 28.4 Å². The highest BCUT2D eigenvalue weighted by Gasteiger charge is 2.25. The summed E-state index contributed by atoms with van der Waals surface area (Å²) in [4.78, 5) is 14.6. The number of piperidine rings is 1. The summed E-state index contributed by atoms with van der Waals surface area (Å²) in [6.07, 6.45) is 1.83. The number of amides is 1. The quantitative estimate of drug-likeness (QED) is 0.798. The van der Waals surface area contributed by atoms with Crippen LogP contribution in [0.25, 0.3) is 11.0 Å². The third-order valence-corrected chi connectivity index (χ3v) is 4.58. The number of aryl methyl sites for hydroxylation is 1. The molecule has 25 heavy (non-hydrogen) atoms. The zero-order valence-corrected chi connectivity index (χ0v) is 14.1. The number of ether oxygens (including phenoxy) is 1. The summed E-state index contributed by atoms with van der Waals surface area (Å²) >= 11 is 0. The monoisotopic (exact) mass is 336 g/mol. The van der Waals surface area contributed by atoms with Crippen LogP contribution in [-0.4, -0.2) is 45.4 Å². The normalized spacial score (nSPS) is 15.5. The van der Waals surface area contributed by atoms with Crippen LogP contribution in [0.3, 0.4) is 0 Å². The Balaban J connectivity index is 1.38. The fourth-order valence-corrected chi connectivity index (χ4v) is 3.21. The van der Waals surface area contributed by atoms with E-state index in [-0.39, 0.29) is 12.0 Å². The van der Waals surface area contributed by atoms with Gasteiger partial charge in [-0.15, -0.1) is 0 Å². The van der Waals surface area contributed by atoms with Gasteiger partial charge in [0.2, 0.25) is 0 Å². The molecule has 1 N–H and O–H groups in total. The van der Waals surface area contributed by atoms with Gasteiger partial charge in [0.25, 0.3) is 5.91 Å². The molecule has 0 atom stereocenters. The number of benzene rings is 2. The molecular formula is C19H20N4O2. The van der Waals surface area contributed by atoms with Crippen molar-refractivity contribution in [3.8, 4) is 5.75 Å². The zero-order valence-electron chi connectivity index (χ0n) is 14.1. The average Bonchev–Trinajstić information content (AvgIpc) is 3.09. The summed E-state index contributed by atoms with van der Waals surface area (Å²) < 4.78 is 6.06. The van der Waals surface area contributed by atoms with Crippen LogP contribution in [0.5, 0.6) is 5.75 Å². The summed E-state index contributed by atoms with van der Waals surface area (Å²) in [7, 11) is 0. The molecule has 1 aromatic heterocycles. The van der Waals surface area contributed by atoms with Crippen LogP contribution in [0.15, 0.2) is 42.5 Å². The van der Waals surface area contributed by atoms with Crippen LogP contribution in [0, 0.1) is 6.92 Å². The van der Waals surface area contributed by atoms with Crippen molar-refractivity contribution in [2.75, 3.05) is 13.1 Å². The second-order valence-corrected chi connectivity index (χ2v) is 6.45. The minimum Gasteiger partial charge on any atom is -0.490 e. The second-order valence-electron chi connectivity index (χ2n) is 6.45. The number of rotatable bonds is 3. The Morgan fingerprint density at radius 2 is 1.92 bits per heavy atom. The van der Waals surface area contributed by atoms with E-state index < -0.39 is 0 Å². The average molecular weight is 336 g/mol. The lowest BCUT2D eigenvalue weighted by atomic mass is 10.1. The van der Waals surface area contributed by atoms with Crippen molar-refractivity contribution in [3.63, 3.8) is 0 Å². The molecule has 0 spiro atoms. The highest BCUT2D eigenvalue weighted by atomic mass is 16.5. The van der Waals surface area contributed by atoms with Gasteiger partial charge in [0.05, 0.1) is 0 Å². The summed E-state index contributed by atoms with van der Waals surface area (Å²) in [5.74, 6) is 0.945.